The van der Waals surface area contributed by atoms with Crippen molar-refractivity contribution in [2.24, 2.45) is 7.05 Å². The first kappa shape index (κ1) is 9.96. The summed E-state index contributed by atoms with van der Waals surface area (Å²) in [6.07, 6.45) is 5.70. The smallest absolute Gasteiger partial charge is 0.125 e. The molecule has 3 rings (SSSR count). The highest BCUT2D eigenvalue weighted by Gasteiger charge is 2.03. The lowest BCUT2D eigenvalue weighted by Crippen LogP contribution is -1.88. The van der Waals surface area contributed by atoms with Crippen LogP contribution in [0.2, 0.25) is 0 Å². The number of rotatable bonds is 1. The maximum absolute atomic E-state index is 4.43. The number of benzene rings is 1. The lowest BCUT2D eigenvalue weighted by molar-refractivity contribution is 0.768. The standard InChI is InChI=1S/C13H12N4/c1-9-14-6-11-4-3-10(5-13(11)16-9)12-7-15-17(2)8-12/h3-8H,1-2H3. The normalized spacial score (nSPS) is 10.9. The molecule has 0 aliphatic heterocycles. The molecule has 2 heterocycles. The third kappa shape index (κ3) is 1.78. The monoisotopic (exact) mass is 224 g/mol. The fourth-order valence-electron chi connectivity index (χ4n) is 1.87. The summed E-state index contributed by atoms with van der Waals surface area (Å²) in [6.45, 7) is 1.90. The molecule has 3 aromatic rings. The second kappa shape index (κ2) is 3.66. The van der Waals surface area contributed by atoms with Crippen molar-refractivity contribution in [3.63, 3.8) is 0 Å². The molecular formula is C13H12N4. The van der Waals surface area contributed by atoms with Gasteiger partial charge in [0.1, 0.15) is 5.82 Å². The molecule has 17 heavy (non-hydrogen) atoms. The van der Waals surface area contributed by atoms with Gasteiger partial charge in [0, 0.05) is 30.4 Å². The Morgan fingerprint density at radius 1 is 1.12 bits per heavy atom. The largest absolute Gasteiger partial charge is 0.275 e. The van der Waals surface area contributed by atoms with Crippen LogP contribution in [0.1, 0.15) is 5.82 Å². The van der Waals surface area contributed by atoms with Crippen LogP contribution in [-0.2, 0) is 7.05 Å². The van der Waals surface area contributed by atoms with E-state index in [1.165, 1.54) is 0 Å². The second-order valence-electron chi connectivity index (χ2n) is 4.09. The quantitative estimate of drug-likeness (QED) is 0.637. The molecule has 0 aliphatic carbocycles. The van der Waals surface area contributed by atoms with Gasteiger partial charge in [-0.15, -0.1) is 0 Å². The molecule has 0 aliphatic rings. The van der Waals surface area contributed by atoms with Crippen LogP contribution >= 0.6 is 0 Å². The maximum atomic E-state index is 4.43. The Labute approximate surface area is 98.9 Å². The van der Waals surface area contributed by atoms with E-state index in [2.05, 4.69) is 27.2 Å². The Morgan fingerprint density at radius 2 is 2.00 bits per heavy atom. The van der Waals surface area contributed by atoms with E-state index in [1.54, 1.807) is 4.68 Å². The van der Waals surface area contributed by atoms with E-state index in [0.717, 1.165) is 27.9 Å². The van der Waals surface area contributed by atoms with Gasteiger partial charge >= 0.3 is 0 Å². The average Bonchev–Trinajstić information content (AvgIpc) is 2.75. The molecule has 0 spiro atoms. The fraction of sp³-hybridized carbons (Fsp3) is 0.154. The van der Waals surface area contributed by atoms with E-state index in [9.17, 15) is 0 Å². The van der Waals surface area contributed by atoms with Gasteiger partial charge in [-0.1, -0.05) is 12.1 Å². The highest BCUT2D eigenvalue weighted by molar-refractivity contribution is 5.83. The zero-order valence-corrected chi connectivity index (χ0v) is 9.75. The van der Waals surface area contributed by atoms with Gasteiger partial charge < -0.3 is 0 Å². The predicted octanol–water partition coefficient (Wildman–Crippen LogP) is 2.34. The van der Waals surface area contributed by atoms with Gasteiger partial charge in [-0.2, -0.15) is 5.10 Å². The Hall–Kier alpha value is -2.23. The first-order valence-corrected chi connectivity index (χ1v) is 5.45. The van der Waals surface area contributed by atoms with Crippen molar-refractivity contribution in [3.05, 3.63) is 42.6 Å². The van der Waals surface area contributed by atoms with Gasteiger partial charge in [0.25, 0.3) is 0 Å². The molecular weight excluding hydrogens is 212 g/mol. The Kier molecular flexibility index (Phi) is 2.14. The zero-order valence-electron chi connectivity index (χ0n) is 9.75. The summed E-state index contributed by atoms with van der Waals surface area (Å²) in [5.74, 6) is 0.792. The highest BCUT2D eigenvalue weighted by Crippen LogP contribution is 2.22. The topological polar surface area (TPSA) is 43.6 Å². The number of hydrogen-bond donors (Lipinski definition) is 0. The molecule has 4 nitrogen and oxygen atoms in total. The van der Waals surface area contributed by atoms with E-state index in [1.807, 2.05) is 38.6 Å². The molecule has 84 valence electrons. The second-order valence-corrected chi connectivity index (χ2v) is 4.09. The van der Waals surface area contributed by atoms with Gasteiger partial charge in [0.2, 0.25) is 0 Å². The molecule has 0 saturated heterocycles. The highest BCUT2D eigenvalue weighted by atomic mass is 15.2. The average molecular weight is 224 g/mol. The Balaban J connectivity index is 2.18. The molecule has 0 amide bonds. The summed E-state index contributed by atoms with van der Waals surface area (Å²) >= 11 is 0. The summed E-state index contributed by atoms with van der Waals surface area (Å²) in [6, 6.07) is 6.18. The number of aryl methyl sites for hydroxylation is 2. The van der Waals surface area contributed by atoms with E-state index in [-0.39, 0.29) is 0 Å². The molecule has 0 N–H and O–H groups in total. The fourth-order valence-corrected chi connectivity index (χ4v) is 1.87. The minimum absolute atomic E-state index is 0.792. The molecule has 2 aromatic heterocycles. The van der Waals surface area contributed by atoms with Crippen LogP contribution in [0, 0.1) is 6.92 Å². The molecule has 0 atom stereocenters. The predicted molar refractivity (Wildman–Crippen MR) is 66.5 cm³/mol. The third-order valence-corrected chi connectivity index (χ3v) is 2.74. The molecule has 0 radical (unpaired) electrons. The summed E-state index contributed by atoms with van der Waals surface area (Å²) in [5, 5.41) is 5.23. The summed E-state index contributed by atoms with van der Waals surface area (Å²) < 4.78 is 1.80. The van der Waals surface area contributed by atoms with Crippen LogP contribution < -0.4 is 0 Å². The number of hydrogen-bond acceptors (Lipinski definition) is 3. The third-order valence-electron chi connectivity index (χ3n) is 2.74. The molecule has 0 fully saturated rings. The summed E-state index contributed by atoms with van der Waals surface area (Å²) in [4.78, 5) is 8.62. The molecule has 4 heteroatoms. The molecule has 0 bridgehead atoms. The van der Waals surface area contributed by atoms with Crippen LogP contribution in [0.5, 0.6) is 0 Å². The maximum Gasteiger partial charge on any atom is 0.125 e. The molecule has 0 saturated carbocycles. The molecule has 0 unspecified atom stereocenters. The van der Waals surface area contributed by atoms with Gasteiger partial charge in [0.05, 0.1) is 11.7 Å². The van der Waals surface area contributed by atoms with Crippen LogP contribution in [0.25, 0.3) is 22.0 Å². The van der Waals surface area contributed by atoms with E-state index < -0.39 is 0 Å². The van der Waals surface area contributed by atoms with Gasteiger partial charge in [0.15, 0.2) is 0 Å². The van der Waals surface area contributed by atoms with Gasteiger partial charge in [-0.05, 0) is 18.6 Å². The molecule has 1 aromatic carbocycles. The summed E-state index contributed by atoms with van der Waals surface area (Å²) in [5.41, 5.74) is 3.20. The first-order valence-electron chi connectivity index (χ1n) is 5.45. The minimum atomic E-state index is 0.792. The number of aromatic nitrogens is 4. The van der Waals surface area contributed by atoms with Gasteiger partial charge in [-0.3, -0.25) is 4.68 Å². The van der Waals surface area contributed by atoms with E-state index in [4.69, 9.17) is 0 Å². The van der Waals surface area contributed by atoms with Crippen molar-refractivity contribution in [2.45, 2.75) is 6.92 Å². The van der Waals surface area contributed by atoms with E-state index in [0.29, 0.717) is 0 Å². The van der Waals surface area contributed by atoms with Crippen molar-refractivity contribution in [1.82, 2.24) is 19.7 Å². The van der Waals surface area contributed by atoms with Crippen molar-refractivity contribution in [2.75, 3.05) is 0 Å². The lowest BCUT2D eigenvalue weighted by atomic mass is 10.1. The van der Waals surface area contributed by atoms with Crippen LogP contribution in [0.15, 0.2) is 36.8 Å². The number of nitrogens with zero attached hydrogens (tertiary/aromatic N) is 4. The van der Waals surface area contributed by atoms with Crippen molar-refractivity contribution >= 4 is 10.9 Å². The Morgan fingerprint density at radius 3 is 2.76 bits per heavy atom. The van der Waals surface area contributed by atoms with Crippen LogP contribution in [0.4, 0.5) is 0 Å². The van der Waals surface area contributed by atoms with Crippen LogP contribution in [-0.4, -0.2) is 19.7 Å². The van der Waals surface area contributed by atoms with Crippen molar-refractivity contribution in [1.29, 1.82) is 0 Å². The number of fused-ring (bicyclic) bond motifs is 1. The lowest BCUT2D eigenvalue weighted by Gasteiger charge is -2.01. The van der Waals surface area contributed by atoms with E-state index >= 15 is 0 Å². The summed E-state index contributed by atoms with van der Waals surface area (Å²) in [7, 11) is 1.91. The zero-order chi connectivity index (χ0) is 11.8. The van der Waals surface area contributed by atoms with Gasteiger partial charge in [-0.25, -0.2) is 9.97 Å². The SMILES string of the molecule is Cc1ncc2ccc(-c3cnn(C)c3)cc2n1. The van der Waals surface area contributed by atoms with Crippen molar-refractivity contribution < 1.29 is 0 Å². The van der Waals surface area contributed by atoms with Crippen molar-refractivity contribution in [3.8, 4) is 11.1 Å². The minimum Gasteiger partial charge on any atom is -0.275 e. The Bertz CT molecular complexity index is 685. The van der Waals surface area contributed by atoms with Crippen LogP contribution in [0.3, 0.4) is 0 Å². The first-order chi connectivity index (χ1) is 8.22.